The average molecular weight is 298 g/mol. The molecule has 1 aliphatic heterocycles. The number of nitrogens with zero attached hydrogens (tertiary/aromatic N) is 1. The molecule has 1 aromatic carbocycles. The highest BCUT2D eigenvalue weighted by molar-refractivity contribution is 6.18. The van der Waals surface area contributed by atoms with E-state index in [-0.39, 0.29) is 0 Å². The van der Waals surface area contributed by atoms with Gasteiger partial charge in [0.15, 0.2) is 11.5 Å². The Morgan fingerprint density at radius 2 is 2.05 bits per heavy atom. The molecule has 1 aromatic rings. The van der Waals surface area contributed by atoms with Crippen molar-refractivity contribution in [3.63, 3.8) is 0 Å². The first-order valence-corrected chi connectivity index (χ1v) is 7.75. The summed E-state index contributed by atoms with van der Waals surface area (Å²) in [7, 11) is 3.34. The van der Waals surface area contributed by atoms with Crippen molar-refractivity contribution in [1.29, 1.82) is 0 Å². The van der Waals surface area contributed by atoms with Gasteiger partial charge in [-0.1, -0.05) is 6.07 Å². The Morgan fingerprint density at radius 3 is 2.70 bits per heavy atom. The summed E-state index contributed by atoms with van der Waals surface area (Å²) in [5.74, 6) is 2.95. The van der Waals surface area contributed by atoms with Crippen molar-refractivity contribution in [2.75, 3.05) is 33.2 Å². The molecule has 3 nitrogen and oxygen atoms in total. The fourth-order valence-electron chi connectivity index (χ4n) is 2.90. The van der Waals surface area contributed by atoms with Crippen LogP contribution in [0.25, 0.3) is 0 Å². The Labute approximate surface area is 126 Å². The maximum atomic E-state index is 6.02. The standard InChI is InChI=1S/C16H24ClNO2/c1-12(18-8-4-5-13(10-17)11-18)14-6-7-15(19-2)16(9-14)20-3/h6-7,9,12-13H,4-5,8,10-11H2,1-3H3. The van der Waals surface area contributed by atoms with Crippen LogP contribution in [0.15, 0.2) is 18.2 Å². The normalized spacial score (nSPS) is 21.5. The molecule has 2 unspecified atom stereocenters. The Bertz CT molecular complexity index is 438. The average Bonchev–Trinajstić information content (AvgIpc) is 2.53. The molecular formula is C16H24ClNO2. The summed E-state index contributed by atoms with van der Waals surface area (Å²) in [5.41, 5.74) is 1.26. The van der Waals surface area contributed by atoms with Gasteiger partial charge in [0.25, 0.3) is 0 Å². The van der Waals surface area contributed by atoms with Crippen molar-refractivity contribution < 1.29 is 9.47 Å². The Hall–Kier alpha value is -0.930. The maximum absolute atomic E-state index is 6.02. The number of piperidine rings is 1. The van der Waals surface area contributed by atoms with E-state index in [1.165, 1.54) is 18.4 Å². The van der Waals surface area contributed by atoms with Gasteiger partial charge in [-0.2, -0.15) is 0 Å². The second-order valence-corrected chi connectivity index (χ2v) is 5.76. The Kier molecular flexibility index (Phi) is 5.55. The van der Waals surface area contributed by atoms with Crippen LogP contribution >= 0.6 is 11.6 Å². The summed E-state index contributed by atoms with van der Waals surface area (Å²) >= 11 is 6.02. The molecule has 0 bridgehead atoms. The molecule has 0 radical (unpaired) electrons. The first-order chi connectivity index (χ1) is 9.69. The van der Waals surface area contributed by atoms with E-state index in [1.54, 1.807) is 14.2 Å². The minimum Gasteiger partial charge on any atom is -0.493 e. The van der Waals surface area contributed by atoms with Crippen LogP contribution in [-0.2, 0) is 0 Å². The number of halogens is 1. The number of benzene rings is 1. The highest BCUT2D eigenvalue weighted by atomic mass is 35.5. The van der Waals surface area contributed by atoms with Gasteiger partial charge in [-0.3, -0.25) is 4.90 Å². The largest absolute Gasteiger partial charge is 0.493 e. The van der Waals surface area contributed by atoms with E-state index in [1.807, 2.05) is 6.07 Å². The van der Waals surface area contributed by atoms with Gasteiger partial charge in [0.2, 0.25) is 0 Å². The maximum Gasteiger partial charge on any atom is 0.161 e. The first kappa shape index (κ1) is 15.5. The van der Waals surface area contributed by atoms with Crippen LogP contribution in [0.5, 0.6) is 11.5 Å². The smallest absolute Gasteiger partial charge is 0.161 e. The summed E-state index contributed by atoms with van der Waals surface area (Å²) in [6.07, 6.45) is 2.48. The molecule has 4 heteroatoms. The van der Waals surface area contributed by atoms with Gasteiger partial charge in [0.05, 0.1) is 14.2 Å². The second kappa shape index (κ2) is 7.19. The zero-order valence-electron chi connectivity index (χ0n) is 12.6. The summed E-state index contributed by atoms with van der Waals surface area (Å²) < 4.78 is 10.7. The third-order valence-electron chi connectivity index (χ3n) is 4.21. The number of alkyl halides is 1. The molecule has 112 valence electrons. The zero-order chi connectivity index (χ0) is 14.5. The van der Waals surface area contributed by atoms with Gasteiger partial charge >= 0.3 is 0 Å². The minimum absolute atomic E-state index is 0.376. The SMILES string of the molecule is COc1ccc(C(C)N2CCCC(CCl)C2)cc1OC. The predicted molar refractivity (Wildman–Crippen MR) is 83.0 cm³/mol. The van der Waals surface area contributed by atoms with Crippen molar-refractivity contribution in [1.82, 2.24) is 4.90 Å². The second-order valence-electron chi connectivity index (χ2n) is 5.45. The molecule has 1 saturated heterocycles. The van der Waals surface area contributed by atoms with Crippen LogP contribution < -0.4 is 9.47 Å². The predicted octanol–water partition coefficient (Wildman–Crippen LogP) is 3.72. The quantitative estimate of drug-likeness (QED) is 0.773. The summed E-state index contributed by atoms with van der Waals surface area (Å²) in [4.78, 5) is 2.51. The molecule has 0 aromatic heterocycles. The number of hydrogen-bond donors (Lipinski definition) is 0. The summed E-state index contributed by atoms with van der Waals surface area (Å²) in [6, 6.07) is 6.55. The van der Waals surface area contributed by atoms with Gasteiger partial charge < -0.3 is 9.47 Å². The summed E-state index contributed by atoms with van der Waals surface area (Å²) in [5, 5.41) is 0. The van der Waals surface area contributed by atoms with Gasteiger partial charge in [0, 0.05) is 18.5 Å². The van der Waals surface area contributed by atoms with Crippen molar-refractivity contribution in [3.05, 3.63) is 23.8 Å². The van der Waals surface area contributed by atoms with Crippen LogP contribution in [-0.4, -0.2) is 38.1 Å². The molecule has 2 rings (SSSR count). The van der Waals surface area contributed by atoms with Gasteiger partial charge in [-0.25, -0.2) is 0 Å². The van der Waals surface area contributed by atoms with E-state index in [0.29, 0.717) is 12.0 Å². The molecule has 1 aliphatic rings. The van der Waals surface area contributed by atoms with Crippen molar-refractivity contribution in [3.8, 4) is 11.5 Å². The lowest BCUT2D eigenvalue weighted by atomic mass is 9.96. The van der Waals surface area contributed by atoms with Crippen molar-refractivity contribution in [2.24, 2.45) is 5.92 Å². The molecule has 1 fully saturated rings. The monoisotopic (exact) mass is 297 g/mol. The highest BCUT2D eigenvalue weighted by Gasteiger charge is 2.24. The van der Waals surface area contributed by atoms with E-state index >= 15 is 0 Å². The van der Waals surface area contributed by atoms with Crippen LogP contribution in [0.2, 0.25) is 0 Å². The molecule has 20 heavy (non-hydrogen) atoms. The fourth-order valence-corrected chi connectivity index (χ4v) is 3.15. The minimum atomic E-state index is 0.376. The van der Waals surface area contributed by atoms with Crippen LogP contribution in [0.4, 0.5) is 0 Å². The van der Waals surface area contributed by atoms with Crippen LogP contribution in [0, 0.1) is 5.92 Å². The highest BCUT2D eigenvalue weighted by Crippen LogP contribution is 2.33. The van der Waals surface area contributed by atoms with Crippen molar-refractivity contribution in [2.45, 2.75) is 25.8 Å². The molecule has 0 saturated carbocycles. The lowest BCUT2D eigenvalue weighted by molar-refractivity contribution is 0.140. The zero-order valence-corrected chi connectivity index (χ0v) is 13.3. The molecule has 1 heterocycles. The number of rotatable bonds is 5. The fraction of sp³-hybridized carbons (Fsp3) is 0.625. The third kappa shape index (κ3) is 3.39. The summed E-state index contributed by atoms with van der Waals surface area (Å²) in [6.45, 7) is 4.47. The van der Waals surface area contributed by atoms with E-state index in [2.05, 4.69) is 24.0 Å². The molecule has 0 aliphatic carbocycles. The lowest BCUT2D eigenvalue weighted by Gasteiger charge is -2.36. The number of ether oxygens (including phenoxy) is 2. The molecule has 0 N–H and O–H groups in total. The van der Waals surface area contributed by atoms with E-state index in [9.17, 15) is 0 Å². The number of methoxy groups -OCH3 is 2. The van der Waals surface area contributed by atoms with Crippen molar-refractivity contribution >= 4 is 11.6 Å². The van der Waals surface area contributed by atoms with E-state index in [4.69, 9.17) is 21.1 Å². The Morgan fingerprint density at radius 1 is 1.30 bits per heavy atom. The molecule has 2 atom stereocenters. The Balaban J connectivity index is 2.13. The molecule has 0 amide bonds. The van der Waals surface area contributed by atoms with Gasteiger partial charge in [-0.05, 0) is 49.9 Å². The molecular weight excluding hydrogens is 274 g/mol. The van der Waals surface area contributed by atoms with E-state index in [0.717, 1.165) is 30.5 Å². The van der Waals surface area contributed by atoms with E-state index < -0.39 is 0 Å². The first-order valence-electron chi connectivity index (χ1n) is 7.21. The number of likely N-dealkylation sites (tertiary alicyclic amines) is 1. The lowest BCUT2D eigenvalue weighted by Crippen LogP contribution is -2.37. The van der Waals surface area contributed by atoms with Gasteiger partial charge in [0.1, 0.15) is 0 Å². The topological polar surface area (TPSA) is 21.7 Å². The molecule has 0 spiro atoms. The van der Waals surface area contributed by atoms with Crippen LogP contribution in [0.3, 0.4) is 0 Å². The van der Waals surface area contributed by atoms with Gasteiger partial charge in [-0.15, -0.1) is 11.6 Å². The number of hydrogen-bond acceptors (Lipinski definition) is 3. The third-order valence-corrected chi connectivity index (χ3v) is 4.64. The van der Waals surface area contributed by atoms with Crippen LogP contribution in [0.1, 0.15) is 31.4 Å².